The Labute approximate surface area is 287 Å². The maximum Gasteiger partial charge on any atom is 0.326 e. The second-order valence-corrected chi connectivity index (χ2v) is 11.0. The van der Waals surface area contributed by atoms with Crippen LogP contribution in [0.4, 0.5) is 0 Å². The van der Waals surface area contributed by atoms with E-state index in [9.17, 15) is 29.1 Å². The highest BCUT2D eigenvalue weighted by Crippen LogP contribution is 2.10. The molecule has 272 valence electrons. The minimum Gasteiger partial charge on any atom is -0.480 e. The summed E-state index contributed by atoms with van der Waals surface area (Å²) in [6, 6.07) is 7.71. The van der Waals surface area contributed by atoms with Crippen LogP contribution in [0.5, 0.6) is 0 Å². The van der Waals surface area contributed by atoms with Gasteiger partial charge in [-0.15, -0.1) is 5.92 Å². The lowest BCUT2D eigenvalue weighted by Gasteiger charge is -2.15. The molecule has 2 rings (SSSR count). The summed E-state index contributed by atoms with van der Waals surface area (Å²) in [6.07, 6.45) is 5.04. The van der Waals surface area contributed by atoms with Crippen LogP contribution in [0.1, 0.15) is 44.1 Å². The molecule has 1 aromatic carbocycles. The zero-order valence-corrected chi connectivity index (χ0v) is 28.0. The summed E-state index contributed by atoms with van der Waals surface area (Å²) in [7, 11) is 0. The zero-order chi connectivity index (χ0) is 35.4. The second kappa shape index (κ2) is 26.8. The minimum atomic E-state index is -1.19. The van der Waals surface area contributed by atoms with Crippen molar-refractivity contribution >= 4 is 29.6 Å². The Bertz CT molecular complexity index is 1190. The van der Waals surface area contributed by atoms with Crippen LogP contribution in [0.15, 0.2) is 30.3 Å². The molecule has 2 atom stereocenters. The number of nitrogens with one attached hydrogen (secondary N) is 4. The third-order valence-corrected chi connectivity index (χ3v) is 6.91. The van der Waals surface area contributed by atoms with E-state index in [4.69, 9.17) is 23.7 Å². The van der Waals surface area contributed by atoms with Crippen LogP contribution in [-0.4, -0.2) is 126 Å². The van der Waals surface area contributed by atoms with Gasteiger partial charge in [0.05, 0.1) is 65.9 Å². The lowest BCUT2D eigenvalue weighted by Crippen LogP contribution is -2.47. The van der Waals surface area contributed by atoms with Crippen LogP contribution in [0.25, 0.3) is 0 Å². The maximum absolute atomic E-state index is 12.1. The number of hydrogen-bond donors (Lipinski definition) is 5. The number of ether oxygens (including phenoxy) is 5. The van der Waals surface area contributed by atoms with E-state index in [-0.39, 0.29) is 51.2 Å². The number of benzene rings is 1. The van der Waals surface area contributed by atoms with Gasteiger partial charge in [0, 0.05) is 25.8 Å². The van der Waals surface area contributed by atoms with Crippen LogP contribution in [0.3, 0.4) is 0 Å². The van der Waals surface area contributed by atoms with Crippen molar-refractivity contribution in [2.45, 2.75) is 57.1 Å². The number of rotatable bonds is 26. The van der Waals surface area contributed by atoms with E-state index in [1.807, 2.05) is 0 Å². The molecular formula is C34H50N4O11. The first-order chi connectivity index (χ1) is 23.8. The van der Waals surface area contributed by atoms with Gasteiger partial charge in [-0.05, 0) is 24.8 Å². The molecule has 49 heavy (non-hydrogen) atoms. The van der Waals surface area contributed by atoms with E-state index < -0.39 is 36.3 Å². The molecule has 0 aromatic heterocycles. The normalized spacial score (nSPS) is 14.7. The molecular weight excluding hydrogens is 640 g/mol. The van der Waals surface area contributed by atoms with Gasteiger partial charge in [0.15, 0.2) is 0 Å². The summed E-state index contributed by atoms with van der Waals surface area (Å²) in [5, 5.41) is 19.3. The molecule has 4 amide bonds. The first-order valence-electron chi connectivity index (χ1n) is 16.6. The molecule has 0 saturated heterocycles. The van der Waals surface area contributed by atoms with Crippen molar-refractivity contribution in [3.8, 4) is 11.8 Å². The number of carboxylic acids is 1. The lowest BCUT2D eigenvalue weighted by atomic mass is 10.1. The Balaban J connectivity index is 1.34. The molecule has 0 fully saturated rings. The van der Waals surface area contributed by atoms with E-state index in [1.165, 1.54) is 0 Å². The molecule has 0 aliphatic heterocycles. The predicted octanol–water partition coefficient (Wildman–Crippen LogP) is -0.0437. The van der Waals surface area contributed by atoms with Crippen LogP contribution in [0, 0.1) is 11.8 Å². The standard InChI is InChI=1S/C34H50N4O11/c39-30(36-24-31(40)37-25-32(41)38-29(34(43)44)23-27-9-5-4-6-10-27)13-15-45-17-19-47-21-22-48-20-18-46-16-14-35-33(42)26-49-28-11-7-2-1-3-8-12-28/h4-6,9-10,28-29H,1-3,7,11,13-26H2,(H,35,42)(H,36,39)(H,37,40)(H,38,41)(H,43,44). The summed E-state index contributed by atoms with van der Waals surface area (Å²) in [5.74, 6) is 3.12. The molecule has 5 N–H and O–H groups in total. The number of carbonyl (C=O) groups is 5. The van der Waals surface area contributed by atoms with Crippen molar-refractivity contribution < 1.29 is 52.8 Å². The van der Waals surface area contributed by atoms with Crippen molar-refractivity contribution in [2.75, 3.05) is 79.1 Å². The van der Waals surface area contributed by atoms with Gasteiger partial charge >= 0.3 is 5.97 Å². The number of hydrogen-bond acceptors (Lipinski definition) is 10. The minimum absolute atomic E-state index is 0.00968. The quantitative estimate of drug-likeness (QED) is 0.0646. The third kappa shape index (κ3) is 22.2. The van der Waals surface area contributed by atoms with E-state index in [2.05, 4.69) is 33.1 Å². The van der Waals surface area contributed by atoms with E-state index in [0.29, 0.717) is 46.2 Å². The van der Waals surface area contributed by atoms with Crippen molar-refractivity contribution in [2.24, 2.45) is 0 Å². The van der Waals surface area contributed by atoms with E-state index >= 15 is 0 Å². The van der Waals surface area contributed by atoms with Crippen molar-refractivity contribution in [1.29, 1.82) is 0 Å². The highest BCUT2D eigenvalue weighted by Gasteiger charge is 2.20. The molecule has 2 unspecified atom stereocenters. The van der Waals surface area contributed by atoms with Crippen molar-refractivity contribution in [3.63, 3.8) is 0 Å². The molecule has 0 heterocycles. The highest BCUT2D eigenvalue weighted by molar-refractivity contribution is 5.89. The SMILES string of the molecule is O=C(CCOCCOCCOCCOCCNC(=O)COC1C#CCCCCC1)NCC(=O)NCC(=O)NC(Cc1ccccc1)C(=O)O. The molecule has 1 aliphatic carbocycles. The monoisotopic (exact) mass is 690 g/mol. The Morgan fingerprint density at radius 3 is 2.06 bits per heavy atom. The summed E-state index contributed by atoms with van der Waals surface area (Å²) in [4.78, 5) is 59.4. The number of amides is 4. The molecule has 1 aliphatic rings. The smallest absolute Gasteiger partial charge is 0.326 e. The Morgan fingerprint density at radius 2 is 1.37 bits per heavy atom. The van der Waals surface area contributed by atoms with Gasteiger partial charge in [0.2, 0.25) is 23.6 Å². The van der Waals surface area contributed by atoms with Gasteiger partial charge in [-0.1, -0.05) is 42.7 Å². The highest BCUT2D eigenvalue weighted by atomic mass is 16.6. The van der Waals surface area contributed by atoms with Crippen LogP contribution in [-0.2, 0) is 54.1 Å². The largest absolute Gasteiger partial charge is 0.480 e. The Kier molecular flexibility index (Phi) is 22.5. The van der Waals surface area contributed by atoms with Crippen LogP contribution < -0.4 is 21.3 Å². The molecule has 15 nitrogen and oxygen atoms in total. The second-order valence-electron chi connectivity index (χ2n) is 11.0. The van der Waals surface area contributed by atoms with E-state index in [0.717, 1.165) is 37.7 Å². The maximum atomic E-state index is 12.1. The fourth-order valence-electron chi connectivity index (χ4n) is 4.32. The molecule has 0 radical (unpaired) electrons. The van der Waals surface area contributed by atoms with Crippen LogP contribution in [0.2, 0.25) is 0 Å². The van der Waals surface area contributed by atoms with Gasteiger partial charge in [-0.3, -0.25) is 19.2 Å². The summed E-state index contributed by atoms with van der Waals surface area (Å²) in [5.41, 5.74) is 0.747. The van der Waals surface area contributed by atoms with E-state index in [1.54, 1.807) is 30.3 Å². The molecule has 0 bridgehead atoms. The Morgan fingerprint density at radius 1 is 0.735 bits per heavy atom. The predicted molar refractivity (Wildman–Crippen MR) is 177 cm³/mol. The summed E-state index contributed by atoms with van der Waals surface area (Å²) >= 11 is 0. The first-order valence-corrected chi connectivity index (χ1v) is 16.6. The molecule has 0 saturated carbocycles. The van der Waals surface area contributed by atoms with Gasteiger partial charge < -0.3 is 50.1 Å². The molecule has 1 aromatic rings. The fourth-order valence-corrected chi connectivity index (χ4v) is 4.32. The van der Waals surface area contributed by atoms with Gasteiger partial charge in [0.1, 0.15) is 18.8 Å². The molecule has 15 heteroatoms. The average molecular weight is 691 g/mol. The topological polar surface area (TPSA) is 200 Å². The van der Waals surface area contributed by atoms with Gasteiger partial charge in [-0.25, -0.2) is 4.79 Å². The van der Waals surface area contributed by atoms with Crippen LogP contribution >= 0.6 is 0 Å². The van der Waals surface area contributed by atoms with Crippen molar-refractivity contribution in [1.82, 2.24) is 21.3 Å². The fraction of sp³-hybridized carbons (Fsp3) is 0.618. The lowest BCUT2D eigenvalue weighted by molar-refractivity contribution is -0.141. The number of carbonyl (C=O) groups excluding carboxylic acids is 4. The van der Waals surface area contributed by atoms with Crippen molar-refractivity contribution in [3.05, 3.63) is 35.9 Å². The summed E-state index contributed by atoms with van der Waals surface area (Å²) in [6.45, 7) is 2.21. The average Bonchev–Trinajstić information content (AvgIpc) is 3.07. The first kappa shape index (κ1) is 41.1. The Hall–Kier alpha value is -4.07. The van der Waals surface area contributed by atoms with Gasteiger partial charge in [0.25, 0.3) is 0 Å². The number of aliphatic carboxylic acids is 1. The third-order valence-electron chi connectivity index (χ3n) is 6.91. The zero-order valence-electron chi connectivity index (χ0n) is 28.0. The molecule has 0 spiro atoms. The summed E-state index contributed by atoms with van der Waals surface area (Å²) < 4.78 is 27.2. The van der Waals surface area contributed by atoms with Gasteiger partial charge in [-0.2, -0.15) is 0 Å². The number of carboxylic acid groups (broad SMARTS) is 1.